The highest BCUT2D eigenvalue weighted by Gasteiger charge is 2.06. The van der Waals surface area contributed by atoms with Crippen LogP contribution in [0, 0.1) is 6.92 Å². The van der Waals surface area contributed by atoms with Gasteiger partial charge in [-0.15, -0.1) is 0 Å². The summed E-state index contributed by atoms with van der Waals surface area (Å²) in [6.07, 6.45) is 0. The minimum absolute atomic E-state index is 0.659. The van der Waals surface area contributed by atoms with Gasteiger partial charge in [-0.25, -0.2) is 0 Å². The summed E-state index contributed by atoms with van der Waals surface area (Å²) in [4.78, 5) is 0. The van der Waals surface area contributed by atoms with E-state index in [1.165, 1.54) is 0 Å². The zero-order valence-electron chi connectivity index (χ0n) is 12.9. The third-order valence-electron chi connectivity index (χ3n) is 3.37. The molecular formula is C17H21NO3. The first kappa shape index (κ1) is 15.0. The van der Waals surface area contributed by atoms with E-state index in [0.29, 0.717) is 6.54 Å². The maximum atomic E-state index is 5.38. The Hall–Kier alpha value is -2.36. The lowest BCUT2D eigenvalue weighted by atomic mass is 10.1. The number of anilines is 1. The Kier molecular flexibility index (Phi) is 4.93. The lowest BCUT2D eigenvalue weighted by molar-refractivity contribution is 0.399. The molecule has 4 nitrogen and oxygen atoms in total. The molecule has 0 radical (unpaired) electrons. The summed E-state index contributed by atoms with van der Waals surface area (Å²) in [6, 6.07) is 11.8. The molecule has 0 aliphatic heterocycles. The summed E-state index contributed by atoms with van der Waals surface area (Å²) < 4.78 is 15.9. The highest BCUT2D eigenvalue weighted by molar-refractivity contribution is 5.52. The topological polar surface area (TPSA) is 39.7 Å². The maximum absolute atomic E-state index is 5.38. The van der Waals surface area contributed by atoms with Crippen molar-refractivity contribution in [3.63, 3.8) is 0 Å². The zero-order chi connectivity index (χ0) is 15.2. The zero-order valence-corrected chi connectivity index (χ0v) is 12.9. The molecule has 1 N–H and O–H groups in total. The molecule has 0 saturated carbocycles. The molecule has 0 spiro atoms. The molecular weight excluding hydrogens is 266 g/mol. The Labute approximate surface area is 125 Å². The average Bonchev–Trinajstić information content (AvgIpc) is 2.52. The van der Waals surface area contributed by atoms with Crippen LogP contribution in [0.5, 0.6) is 17.2 Å². The van der Waals surface area contributed by atoms with Gasteiger partial charge in [0.2, 0.25) is 0 Å². The molecule has 0 aromatic heterocycles. The number of hydrogen-bond acceptors (Lipinski definition) is 4. The normalized spacial score (nSPS) is 10.1. The fourth-order valence-corrected chi connectivity index (χ4v) is 2.21. The molecule has 0 aliphatic carbocycles. The van der Waals surface area contributed by atoms with E-state index < -0.39 is 0 Å². The Morgan fingerprint density at radius 3 is 2.19 bits per heavy atom. The highest BCUT2D eigenvalue weighted by Crippen LogP contribution is 2.26. The van der Waals surface area contributed by atoms with Crippen molar-refractivity contribution in [2.24, 2.45) is 0 Å². The van der Waals surface area contributed by atoms with Crippen LogP contribution >= 0.6 is 0 Å². The largest absolute Gasteiger partial charge is 0.497 e. The van der Waals surface area contributed by atoms with Crippen LogP contribution in [0.1, 0.15) is 11.1 Å². The van der Waals surface area contributed by atoms with Gasteiger partial charge in [0.15, 0.2) is 0 Å². The van der Waals surface area contributed by atoms with Crippen LogP contribution in [0.15, 0.2) is 36.4 Å². The third kappa shape index (κ3) is 3.60. The van der Waals surface area contributed by atoms with Crippen LogP contribution in [-0.4, -0.2) is 21.3 Å². The van der Waals surface area contributed by atoms with Gasteiger partial charge in [0.05, 0.1) is 21.3 Å². The Morgan fingerprint density at radius 2 is 1.57 bits per heavy atom. The first-order chi connectivity index (χ1) is 10.2. The van der Waals surface area contributed by atoms with Crippen LogP contribution in [0.3, 0.4) is 0 Å². The van der Waals surface area contributed by atoms with Crippen LogP contribution in [0.4, 0.5) is 5.69 Å². The van der Waals surface area contributed by atoms with Gasteiger partial charge in [0.1, 0.15) is 17.2 Å². The quantitative estimate of drug-likeness (QED) is 0.880. The van der Waals surface area contributed by atoms with E-state index in [4.69, 9.17) is 14.2 Å². The number of methoxy groups -OCH3 is 3. The lowest BCUT2D eigenvalue weighted by Gasteiger charge is -2.13. The summed E-state index contributed by atoms with van der Waals surface area (Å²) in [6.45, 7) is 2.68. The van der Waals surface area contributed by atoms with E-state index in [1.54, 1.807) is 21.3 Å². The van der Waals surface area contributed by atoms with Crippen molar-refractivity contribution in [1.29, 1.82) is 0 Å². The second-order valence-electron chi connectivity index (χ2n) is 4.72. The number of ether oxygens (including phenoxy) is 3. The van der Waals surface area contributed by atoms with E-state index in [2.05, 4.69) is 11.4 Å². The summed E-state index contributed by atoms with van der Waals surface area (Å²) in [5.74, 6) is 2.55. The molecule has 0 amide bonds. The molecule has 4 heteroatoms. The van der Waals surface area contributed by atoms with Crippen LogP contribution in [0.25, 0.3) is 0 Å². The Morgan fingerprint density at radius 1 is 0.857 bits per heavy atom. The van der Waals surface area contributed by atoms with Gasteiger partial charge in [-0.3, -0.25) is 0 Å². The molecule has 0 fully saturated rings. The van der Waals surface area contributed by atoms with Crippen molar-refractivity contribution in [2.75, 3.05) is 26.6 Å². The minimum atomic E-state index is 0.659. The molecule has 21 heavy (non-hydrogen) atoms. The van der Waals surface area contributed by atoms with Gasteiger partial charge in [-0.05, 0) is 48.9 Å². The van der Waals surface area contributed by atoms with Gasteiger partial charge in [0.25, 0.3) is 0 Å². The van der Waals surface area contributed by atoms with E-state index in [9.17, 15) is 0 Å². The highest BCUT2D eigenvalue weighted by atomic mass is 16.5. The fraction of sp³-hybridized carbons (Fsp3) is 0.294. The summed E-state index contributed by atoms with van der Waals surface area (Å²) in [5.41, 5.74) is 3.18. The van der Waals surface area contributed by atoms with Gasteiger partial charge in [0, 0.05) is 17.8 Å². The first-order valence-corrected chi connectivity index (χ1v) is 6.77. The molecule has 0 atom stereocenters. The molecule has 2 rings (SSSR count). The van der Waals surface area contributed by atoms with Crippen molar-refractivity contribution in [3.8, 4) is 17.2 Å². The number of nitrogens with one attached hydrogen (secondary N) is 1. The molecule has 0 unspecified atom stereocenters. The predicted octanol–water partition coefficient (Wildman–Crippen LogP) is 3.63. The van der Waals surface area contributed by atoms with Crippen molar-refractivity contribution in [2.45, 2.75) is 13.5 Å². The summed E-state index contributed by atoms with van der Waals surface area (Å²) in [7, 11) is 5.01. The molecule has 0 bridgehead atoms. The second-order valence-corrected chi connectivity index (χ2v) is 4.72. The van der Waals surface area contributed by atoms with E-state index in [1.807, 2.05) is 37.3 Å². The minimum Gasteiger partial charge on any atom is -0.497 e. The SMILES string of the molecule is COc1ccc(OC)c(CNc2ccc(OC)c(C)c2)c1. The lowest BCUT2D eigenvalue weighted by Crippen LogP contribution is -2.02. The van der Waals surface area contributed by atoms with Gasteiger partial charge < -0.3 is 19.5 Å². The van der Waals surface area contributed by atoms with Crippen molar-refractivity contribution >= 4 is 5.69 Å². The number of benzene rings is 2. The average molecular weight is 287 g/mol. The van der Waals surface area contributed by atoms with Crippen molar-refractivity contribution < 1.29 is 14.2 Å². The van der Waals surface area contributed by atoms with E-state index in [-0.39, 0.29) is 0 Å². The second kappa shape index (κ2) is 6.88. The van der Waals surface area contributed by atoms with Gasteiger partial charge >= 0.3 is 0 Å². The Bertz CT molecular complexity index is 611. The number of rotatable bonds is 6. The molecule has 0 heterocycles. The molecule has 2 aromatic carbocycles. The fourth-order valence-electron chi connectivity index (χ4n) is 2.21. The standard InChI is InChI=1S/C17H21NO3/c1-12-9-14(5-7-16(12)20-3)18-11-13-10-15(19-2)6-8-17(13)21-4/h5-10,18H,11H2,1-4H3. The van der Waals surface area contributed by atoms with Gasteiger partial charge in [-0.2, -0.15) is 0 Å². The summed E-state index contributed by atoms with van der Waals surface area (Å²) >= 11 is 0. The van der Waals surface area contributed by atoms with Crippen LogP contribution < -0.4 is 19.5 Å². The number of aryl methyl sites for hydroxylation is 1. The molecule has 0 saturated heterocycles. The van der Waals surface area contributed by atoms with Gasteiger partial charge in [-0.1, -0.05) is 0 Å². The van der Waals surface area contributed by atoms with Crippen molar-refractivity contribution in [1.82, 2.24) is 0 Å². The Balaban J connectivity index is 2.13. The van der Waals surface area contributed by atoms with Crippen LogP contribution in [-0.2, 0) is 6.54 Å². The van der Waals surface area contributed by atoms with E-state index >= 15 is 0 Å². The number of hydrogen-bond donors (Lipinski definition) is 1. The monoisotopic (exact) mass is 287 g/mol. The predicted molar refractivity (Wildman–Crippen MR) is 84.6 cm³/mol. The van der Waals surface area contributed by atoms with Crippen LogP contribution in [0.2, 0.25) is 0 Å². The molecule has 2 aromatic rings. The molecule has 0 aliphatic rings. The first-order valence-electron chi connectivity index (χ1n) is 6.77. The molecule has 112 valence electrons. The van der Waals surface area contributed by atoms with Crippen molar-refractivity contribution in [3.05, 3.63) is 47.5 Å². The summed E-state index contributed by atoms with van der Waals surface area (Å²) in [5, 5.41) is 3.39. The van der Waals surface area contributed by atoms with E-state index in [0.717, 1.165) is 34.1 Å². The third-order valence-corrected chi connectivity index (χ3v) is 3.37. The smallest absolute Gasteiger partial charge is 0.124 e. The maximum Gasteiger partial charge on any atom is 0.124 e.